The third kappa shape index (κ3) is 2.21. The maximum atomic E-state index is 4.45. The maximum absolute atomic E-state index is 4.45. The first kappa shape index (κ1) is 11.4. The van der Waals surface area contributed by atoms with Crippen LogP contribution >= 0.6 is 27.3 Å². The van der Waals surface area contributed by atoms with Crippen molar-refractivity contribution in [1.29, 1.82) is 0 Å². The Morgan fingerprint density at radius 1 is 1.67 bits per heavy atom. The normalized spacial score (nSPS) is 25.0. The number of hydrogen-bond acceptors (Lipinski definition) is 3. The Bertz CT molecular complexity index is 361. The zero-order valence-corrected chi connectivity index (χ0v) is 12.0. The SMILES string of the molecule is CC(C1CC1(C)C)N(C)c1nc(Br)cs1. The second-order valence-electron chi connectivity index (χ2n) is 5.10. The number of anilines is 1. The molecule has 0 spiro atoms. The summed E-state index contributed by atoms with van der Waals surface area (Å²) in [5, 5.41) is 3.15. The van der Waals surface area contributed by atoms with E-state index in [1.807, 2.05) is 5.38 Å². The lowest BCUT2D eigenvalue weighted by Crippen LogP contribution is -2.31. The van der Waals surface area contributed by atoms with Gasteiger partial charge in [-0.2, -0.15) is 0 Å². The first-order chi connectivity index (χ1) is 6.92. The highest BCUT2D eigenvalue weighted by molar-refractivity contribution is 9.10. The lowest BCUT2D eigenvalue weighted by Gasteiger charge is -2.25. The van der Waals surface area contributed by atoms with E-state index in [4.69, 9.17) is 0 Å². The molecule has 0 aromatic carbocycles. The van der Waals surface area contributed by atoms with Gasteiger partial charge >= 0.3 is 0 Å². The summed E-state index contributed by atoms with van der Waals surface area (Å²) in [6, 6.07) is 0.582. The van der Waals surface area contributed by atoms with Crippen LogP contribution in [0, 0.1) is 11.3 Å². The molecular weight excluding hydrogens is 272 g/mol. The molecular formula is C11H17BrN2S. The second kappa shape index (κ2) is 3.74. The first-order valence-corrected chi connectivity index (χ1v) is 6.93. The summed E-state index contributed by atoms with van der Waals surface area (Å²) in [4.78, 5) is 6.75. The van der Waals surface area contributed by atoms with Gasteiger partial charge in [0.05, 0.1) is 0 Å². The first-order valence-electron chi connectivity index (χ1n) is 5.25. The number of halogens is 1. The molecule has 2 rings (SSSR count). The molecule has 0 radical (unpaired) electrons. The molecule has 0 aliphatic heterocycles. The Kier molecular flexibility index (Phi) is 2.84. The van der Waals surface area contributed by atoms with E-state index in [1.165, 1.54) is 6.42 Å². The Hall–Kier alpha value is -0.0900. The molecule has 0 bridgehead atoms. The highest BCUT2D eigenvalue weighted by Gasteiger charge is 2.49. The molecule has 1 saturated carbocycles. The van der Waals surface area contributed by atoms with Crippen molar-refractivity contribution in [3.63, 3.8) is 0 Å². The zero-order chi connectivity index (χ0) is 11.2. The van der Waals surface area contributed by atoms with E-state index in [-0.39, 0.29) is 0 Å². The van der Waals surface area contributed by atoms with Gasteiger partial charge in [-0.25, -0.2) is 4.98 Å². The molecule has 4 heteroatoms. The van der Waals surface area contributed by atoms with Crippen LogP contribution < -0.4 is 4.90 Å². The Balaban J connectivity index is 2.05. The smallest absolute Gasteiger partial charge is 0.186 e. The van der Waals surface area contributed by atoms with Gasteiger partial charge in [-0.3, -0.25) is 0 Å². The van der Waals surface area contributed by atoms with Crippen molar-refractivity contribution in [2.24, 2.45) is 11.3 Å². The van der Waals surface area contributed by atoms with Crippen LogP contribution in [0.1, 0.15) is 27.2 Å². The van der Waals surface area contributed by atoms with Crippen molar-refractivity contribution in [3.8, 4) is 0 Å². The van der Waals surface area contributed by atoms with Gasteiger partial charge < -0.3 is 4.90 Å². The highest BCUT2D eigenvalue weighted by Crippen LogP contribution is 2.54. The molecule has 0 saturated heterocycles. The molecule has 84 valence electrons. The second-order valence-corrected chi connectivity index (χ2v) is 6.75. The molecule has 1 aromatic rings. The fourth-order valence-electron chi connectivity index (χ4n) is 2.18. The molecule has 1 aliphatic rings. The Morgan fingerprint density at radius 2 is 2.27 bits per heavy atom. The highest BCUT2D eigenvalue weighted by atomic mass is 79.9. The Morgan fingerprint density at radius 3 is 2.67 bits per heavy atom. The summed E-state index contributed by atoms with van der Waals surface area (Å²) in [6.07, 6.45) is 1.34. The molecule has 2 nitrogen and oxygen atoms in total. The number of aromatic nitrogens is 1. The average molecular weight is 289 g/mol. The predicted molar refractivity (Wildman–Crippen MR) is 69.6 cm³/mol. The van der Waals surface area contributed by atoms with Gasteiger partial charge in [-0.1, -0.05) is 13.8 Å². The third-order valence-electron chi connectivity index (χ3n) is 3.55. The van der Waals surface area contributed by atoms with E-state index >= 15 is 0 Å². The third-order valence-corrected chi connectivity index (χ3v) is 5.19. The van der Waals surface area contributed by atoms with E-state index in [9.17, 15) is 0 Å². The van der Waals surface area contributed by atoms with Crippen molar-refractivity contribution in [1.82, 2.24) is 4.98 Å². The molecule has 0 amide bonds. The lowest BCUT2D eigenvalue weighted by atomic mass is 10.0. The van der Waals surface area contributed by atoms with Crippen LogP contribution in [0.2, 0.25) is 0 Å². The van der Waals surface area contributed by atoms with Crippen molar-refractivity contribution in [3.05, 3.63) is 9.98 Å². The van der Waals surface area contributed by atoms with E-state index in [2.05, 4.69) is 53.6 Å². The molecule has 1 aliphatic carbocycles. The molecule has 2 unspecified atom stereocenters. The Labute approximate surface area is 104 Å². The fourth-order valence-corrected chi connectivity index (χ4v) is 3.49. The summed E-state index contributed by atoms with van der Waals surface area (Å²) in [7, 11) is 2.14. The molecule has 1 fully saturated rings. The van der Waals surface area contributed by atoms with Gasteiger partial charge in [0.1, 0.15) is 4.60 Å². The van der Waals surface area contributed by atoms with Crippen LogP contribution in [-0.4, -0.2) is 18.1 Å². The summed E-state index contributed by atoms with van der Waals surface area (Å²) in [5.74, 6) is 0.810. The van der Waals surface area contributed by atoms with Crippen LogP contribution in [0.25, 0.3) is 0 Å². The van der Waals surface area contributed by atoms with Crippen LogP contribution in [0.15, 0.2) is 9.98 Å². The van der Waals surface area contributed by atoms with Crippen molar-refractivity contribution in [2.75, 3.05) is 11.9 Å². The average Bonchev–Trinajstić information content (AvgIpc) is 2.59. The fraction of sp³-hybridized carbons (Fsp3) is 0.727. The molecule has 1 aromatic heterocycles. The monoisotopic (exact) mass is 288 g/mol. The molecule has 0 N–H and O–H groups in total. The number of rotatable bonds is 3. The van der Waals surface area contributed by atoms with E-state index in [1.54, 1.807) is 11.3 Å². The minimum Gasteiger partial charge on any atom is -0.348 e. The van der Waals surface area contributed by atoms with Crippen molar-refractivity contribution >= 4 is 32.4 Å². The largest absolute Gasteiger partial charge is 0.348 e. The van der Waals surface area contributed by atoms with Crippen LogP contribution in [0.3, 0.4) is 0 Å². The van der Waals surface area contributed by atoms with Crippen LogP contribution in [-0.2, 0) is 0 Å². The van der Waals surface area contributed by atoms with Gasteiger partial charge in [0.2, 0.25) is 0 Å². The van der Waals surface area contributed by atoms with E-state index in [0.717, 1.165) is 15.7 Å². The number of nitrogens with zero attached hydrogens (tertiary/aromatic N) is 2. The molecule has 15 heavy (non-hydrogen) atoms. The zero-order valence-electron chi connectivity index (χ0n) is 9.62. The topological polar surface area (TPSA) is 16.1 Å². The van der Waals surface area contributed by atoms with E-state index < -0.39 is 0 Å². The molecule has 2 atom stereocenters. The van der Waals surface area contributed by atoms with Gasteiger partial charge in [0.25, 0.3) is 0 Å². The van der Waals surface area contributed by atoms with Crippen molar-refractivity contribution in [2.45, 2.75) is 33.2 Å². The molecule has 1 heterocycles. The van der Waals surface area contributed by atoms with Gasteiger partial charge in [-0.05, 0) is 40.6 Å². The number of thiazole rings is 1. The lowest BCUT2D eigenvalue weighted by molar-refractivity contribution is 0.486. The van der Waals surface area contributed by atoms with Crippen LogP contribution in [0.4, 0.5) is 5.13 Å². The maximum Gasteiger partial charge on any atom is 0.186 e. The summed E-state index contributed by atoms with van der Waals surface area (Å²) in [6.45, 7) is 6.99. The standard InChI is InChI=1S/C11H17BrN2S/c1-7(8-5-11(8,2)3)14(4)10-13-9(12)6-15-10/h6-8H,5H2,1-4H3. The van der Waals surface area contributed by atoms with Gasteiger partial charge in [0.15, 0.2) is 5.13 Å². The van der Waals surface area contributed by atoms with Gasteiger partial charge in [0, 0.05) is 18.5 Å². The summed E-state index contributed by atoms with van der Waals surface area (Å²) < 4.78 is 0.941. The minimum absolute atomic E-state index is 0.530. The van der Waals surface area contributed by atoms with Crippen molar-refractivity contribution < 1.29 is 0 Å². The van der Waals surface area contributed by atoms with E-state index in [0.29, 0.717) is 11.5 Å². The number of hydrogen-bond donors (Lipinski definition) is 0. The van der Waals surface area contributed by atoms with Gasteiger partial charge in [-0.15, -0.1) is 11.3 Å². The van der Waals surface area contributed by atoms with Crippen LogP contribution in [0.5, 0.6) is 0 Å². The summed E-state index contributed by atoms with van der Waals surface area (Å²) >= 11 is 5.10. The summed E-state index contributed by atoms with van der Waals surface area (Å²) in [5.41, 5.74) is 0.530. The quantitative estimate of drug-likeness (QED) is 0.842. The predicted octanol–water partition coefficient (Wildman–Crippen LogP) is 3.78. The minimum atomic E-state index is 0.530.